The molecule has 0 bridgehead atoms. The van der Waals surface area contributed by atoms with Gasteiger partial charge >= 0.3 is 5.97 Å². The first-order chi connectivity index (χ1) is 7.58. The fourth-order valence-corrected chi connectivity index (χ4v) is 2.89. The molecule has 17 heavy (non-hydrogen) atoms. The molecule has 0 atom stereocenters. The Balaban J connectivity index is 2.71. The van der Waals surface area contributed by atoms with E-state index in [1.165, 1.54) is 6.07 Å². The Labute approximate surface area is 105 Å². The first-order valence-electron chi connectivity index (χ1n) is 4.91. The highest BCUT2D eigenvalue weighted by molar-refractivity contribution is 7.91. The summed E-state index contributed by atoms with van der Waals surface area (Å²) in [6.45, 7) is 5.32. The molecule has 0 amide bonds. The Kier molecular flexibility index (Phi) is 3.95. The number of carbonyl (C=O) groups is 1. The SMILES string of the molecule is CC(C)(C)OC(=O)Cc1ccc(S(N)(=O)=O)s1. The third-order valence-corrected chi connectivity index (χ3v) is 4.18. The summed E-state index contributed by atoms with van der Waals surface area (Å²) in [5, 5.41) is 4.97. The van der Waals surface area contributed by atoms with Crippen LogP contribution >= 0.6 is 11.3 Å². The second-order valence-corrected chi connectivity index (χ2v) is 7.49. The number of sulfonamides is 1. The summed E-state index contributed by atoms with van der Waals surface area (Å²) < 4.78 is 27.2. The van der Waals surface area contributed by atoms with Gasteiger partial charge < -0.3 is 4.74 Å². The van der Waals surface area contributed by atoms with Crippen LogP contribution in [0.15, 0.2) is 16.3 Å². The lowest BCUT2D eigenvalue weighted by Crippen LogP contribution is -2.24. The van der Waals surface area contributed by atoms with E-state index in [9.17, 15) is 13.2 Å². The molecule has 5 nitrogen and oxygen atoms in total. The molecule has 0 saturated carbocycles. The van der Waals surface area contributed by atoms with Crippen LogP contribution in [0.4, 0.5) is 0 Å². The number of thiophene rings is 1. The van der Waals surface area contributed by atoms with Crippen LogP contribution in [0.3, 0.4) is 0 Å². The molecule has 1 rings (SSSR count). The predicted octanol–water partition coefficient (Wildman–Crippen LogP) is 1.28. The van der Waals surface area contributed by atoms with Gasteiger partial charge in [0.15, 0.2) is 0 Å². The van der Waals surface area contributed by atoms with Crippen LogP contribution in [-0.4, -0.2) is 20.0 Å². The van der Waals surface area contributed by atoms with Crippen LogP contribution < -0.4 is 5.14 Å². The number of rotatable bonds is 3. The van der Waals surface area contributed by atoms with Crippen molar-refractivity contribution in [1.29, 1.82) is 0 Å². The van der Waals surface area contributed by atoms with Crippen LogP contribution in [0.25, 0.3) is 0 Å². The van der Waals surface area contributed by atoms with Crippen LogP contribution in [0.2, 0.25) is 0 Å². The molecule has 0 fully saturated rings. The molecule has 0 aromatic carbocycles. The number of nitrogens with two attached hydrogens (primary N) is 1. The Morgan fingerprint density at radius 1 is 1.41 bits per heavy atom. The van der Waals surface area contributed by atoms with Crippen LogP contribution in [0, 0.1) is 0 Å². The number of carbonyl (C=O) groups excluding carboxylic acids is 1. The van der Waals surface area contributed by atoms with Gasteiger partial charge in [-0.15, -0.1) is 11.3 Å². The molecule has 96 valence electrons. The maximum absolute atomic E-state index is 11.5. The van der Waals surface area contributed by atoms with Crippen LogP contribution in [0.5, 0.6) is 0 Å². The molecule has 0 saturated heterocycles. The molecule has 7 heteroatoms. The van der Waals surface area contributed by atoms with Gasteiger partial charge in [0.25, 0.3) is 0 Å². The second kappa shape index (κ2) is 4.75. The fraction of sp³-hybridized carbons (Fsp3) is 0.500. The molecule has 0 spiro atoms. The predicted molar refractivity (Wildman–Crippen MR) is 65.2 cm³/mol. The van der Waals surface area contributed by atoms with Gasteiger partial charge in [-0.2, -0.15) is 0 Å². The lowest BCUT2D eigenvalue weighted by Gasteiger charge is -2.19. The van der Waals surface area contributed by atoms with Gasteiger partial charge in [-0.05, 0) is 32.9 Å². The lowest BCUT2D eigenvalue weighted by atomic mass is 10.2. The first-order valence-corrected chi connectivity index (χ1v) is 7.27. The minimum absolute atomic E-state index is 0.0519. The van der Waals surface area contributed by atoms with Gasteiger partial charge in [0.2, 0.25) is 10.0 Å². The largest absolute Gasteiger partial charge is 0.460 e. The Morgan fingerprint density at radius 2 is 2.00 bits per heavy atom. The van der Waals surface area contributed by atoms with Gasteiger partial charge in [-0.25, -0.2) is 13.6 Å². The Hall–Kier alpha value is -0.920. The molecule has 1 aromatic heterocycles. The highest BCUT2D eigenvalue weighted by Gasteiger charge is 2.18. The quantitative estimate of drug-likeness (QED) is 0.843. The van der Waals surface area contributed by atoms with Gasteiger partial charge in [0.05, 0.1) is 6.42 Å². The van der Waals surface area contributed by atoms with Crippen molar-refractivity contribution in [2.45, 2.75) is 37.0 Å². The summed E-state index contributed by atoms with van der Waals surface area (Å²) in [6.07, 6.45) is 0.0530. The minimum Gasteiger partial charge on any atom is -0.460 e. The zero-order valence-corrected chi connectivity index (χ0v) is 11.5. The van der Waals surface area contributed by atoms with Crippen molar-refractivity contribution >= 4 is 27.3 Å². The molecule has 1 aromatic rings. The van der Waals surface area contributed by atoms with Crippen molar-refractivity contribution in [3.8, 4) is 0 Å². The van der Waals surface area contributed by atoms with Crippen LogP contribution in [-0.2, 0) is 26.0 Å². The third-order valence-electron chi connectivity index (χ3n) is 1.66. The number of esters is 1. The average Bonchev–Trinajstić information content (AvgIpc) is 2.47. The number of primary sulfonamides is 1. The number of hydrogen-bond donors (Lipinski definition) is 1. The maximum Gasteiger partial charge on any atom is 0.311 e. The molecule has 0 unspecified atom stereocenters. The highest BCUT2D eigenvalue weighted by Crippen LogP contribution is 2.21. The van der Waals surface area contributed by atoms with E-state index in [-0.39, 0.29) is 16.6 Å². The van der Waals surface area contributed by atoms with E-state index in [4.69, 9.17) is 9.88 Å². The lowest BCUT2D eigenvalue weighted by molar-refractivity contribution is -0.153. The molecule has 0 aliphatic carbocycles. The summed E-state index contributed by atoms with van der Waals surface area (Å²) in [5.74, 6) is -0.389. The van der Waals surface area contributed by atoms with Crippen molar-refractivity contribution in [1.82, 2.24) is 0 Å². The minimum atomic E-state index is -3.69. The maximum atomic E-state index is 11.5. The summed E-state index contributed by atoms with van der Waals surface area (Å²) in [6, 6.07) is 2.95. The van der Waals surface area contributed by atoms with E-state index in [1.807, 2.05) is 0 Å². The molecular formula is C10H15NO4S2. The molecule has 0 aliphatic heterocycles. The average molecular weight is 277 g/mol. The summed E-state index contributed by atoms with van der Waals surface area (Å²) >= 11 is 0.980. The van der Waals surface area contributed by atoms with E-state index in [2.05, 4.69) is 0 Å². The van der Waals surface area contributed by atoms with Crippen molar-refractivity contribution in [3.05, 3.63) is 17.0 Å². The van der Waals surface area contributed by atoms with Crippen molar-refractivity contribution in [2.24, 2.45) is 5.14 Å². The van der Waals surface area contributed by atoms with Crippen molar-refractivity contribution in [3.63, 3.8) is 0 Å². The summed E-state index contributed by atoms with van der Waals surface area (Å²) in [5.41, 5.74) is -0.545. The standard InChI is InChI=1S/C10H15NO4S2/c1-10(2,3)15-8(12)6-7-4-5-9(16-7)17(11,13)14/h4-5H,6H2,1-3H3,(H2,11,13,14). The van der Waals surface area contributed by atoms with Gasteiger partial charge in [0, 0.05) is 4.88 Å². The zero-order valence-electron chi connectivity index (χ0n) is 9.89. The molecule has 0 radical (unpaired) electrons. The number of hydrogen-bond acceptors (Lipinski definition) is 5. The van der Waals surface area contributed by atoms with E-state index in [0.29, 0.717) is 4.88 Å². The molecule has 2 N–H and O–H groups in total. The normalized spacial score (nSPS) is 12.5. The van der Waals surface area contributed by atoms with E-state index in [1.54, 1.807) is 26.8 Å². The third kappa shape index (κ3) is 4.84. The van der Waals surface area contributed by atoms with Crippen LogP contribution in [0.1, 0.15) is 25.6 Å². The topological polar surface area (TPSA) is 86.5 Å². The van der Waals surface area contributed by atoms with Gasteiger partial charge in [-0.1, -0.05) is 0 Å². The van der Waals surface area contributed by atoms with Gasteiger partial charge in [-0.3, -0.25) is 4.79 Å². The fourth-order valence-electron chi connectivity index (χ4n) is 1.13. The van der Waals surface area contributed by atoms with Crippen molar-refractivity contribution in [2.75, 3.05) is 0 Å². The highest BCUT2D eigenvalue weighted by atomic mass is 32.2. The zero-order chi connectivity index (χ0) is 13.3. The van der Waals surface area contributed by atoms with E-state index < -0.39 is 15.6 Å². The second-order valence-electron chi connectivity index (χ2n) is 4.53. The smallest absolute Gasteiger partial charge is 0.311 e. The molecular weight excluding hydrogens is 262 g/mol. The summed E-state index contributed by atoms with van der Waals surface area (Å²) in [7, 11) is -3.69. The van der Waals surface area contributed by atoms with Crippen molar-refractivity contribution < 1.29 is 17.9 Å². The molecule has 1 heterocycles. The molecule has 0 aliphatic rings. The van der Waals surface area contributed by atoms with Gasteiger partial charge in [0.1, 0.15) is 9.81 Å². The Bertz CT molecular complexity index is 511. The Morgan fingerprint density at radius 3 is 2.41 bits per heavy atom. The van der Waals surface area contributed by atoms with E-state index in [0.717, 1.165) is 11.3 Å². The summed E-state index contributed by atoms with van der Waals surface area (Å²) in [4.78, 5) is 12.1. The first kappa shape index (κ1) is 14.1. The van der Waals surface area contributed by atoms with E-state index >= 15 is 0 Å². The monoisotopic (exact) mass is 277 g/mol. The number of ether oxygens (including phenoxy) is 1.